The lowest BCUT2D eigenvalue weighted by molar-refractivity contribution is -0.290. The molecule has 0 atom stereocenters. The number of nitrogens with zero attached hydrogens (tertiary/aromatic N) is 1. The van der Waals surface area contributed by atoms with Crippen LogP contribution < -0.4 is 5.32 Å². The van der Waals surface area contributed by atoms with Gasteiger partial charge in [0.15, 0.2) is 0 Å². The van der Waals surface area contributed by atoms with Crippen molar-refractivity contribution in [3.8, 4) is 0 Å². The maximum absolute atomic E-state index is 12.4. The molecule has 1 aliphatic rings. The number of thiol groups is 1. The summed E-state index contributed by atoms with van der Waals surface area (Å²) in [5, 5.41) is 16.7. The number of hydroxylamine groups is 2. The molecule has 0 aromatic carbocycles. The topological polar surface area (TPSA) is 52.2 Å². The maximum atomic E-state index is 12.4. The van der Waals surface area contributed by atoms with Crippen LogP contribution in [0, 0.1) is 0 Å². The average molecular weight is 372 g/mol. The van der Waals surface area contributed by atoms with Crippen molar-refractivity contribution in [1.82, 2.24) is 10.4 Å². The lowest BCUT2D eigenvalue weighted by Gasteiger charge is -2.50. The van der Waals surface area contributed by atoms with Crippen molar-refractivity contribution in [3.63, 3.8) is 0 Å². The van der Waals surface area contributed by atoms with Crippen molar-refractivity contribution in [2.24, 2.45) is 0 Å². The molecule has 1 rings (SSSR count). The van der Waals surface area contributed by atoms with E-state index in [0.29, 0.717) is 6.42 Å². The van der Waals surface area contributed by atoms with E-state index >= 15 is 0 Å². The summed E-state index contributed by atoms with van der Waals surface area (Å²) in [5.74, 6) is 1.14. The third-order valence-electron chi connectivity index (χ3n) is 5.27. The van der Waals surface area contributed by atoms with E-state index in [2.05, 4.69) is 17.9 Å². The zero-order valence-electron chi connectivity index (χ0n) is 16.8. The predicted molar refractivity (Wildman–Crippen MR) is 107 cm³/mol. The number of amides is 1. The van der Waals surface area contributed by atoms with Gasteiger partial charge in [0.25, 0.3) is 0 Å². The second kappa shape index (κ2) is 10.8. The molecule has 1 saturated heterocycles. The first kappa shape index (κ1) is 22.8. The molecule has 1 heterocycles. The summed E-state index contributed by atoms with van der Waals surface area (Å²) in [5.41, 5.74) is -0.848. The third kappa shape index (κ3) is 8.31. The van der Waals surface area contributed by atoms with Gasteiger partial charge in [0.1, 0.15) is 0 Å². The number of unbranched alkanes of at least 4 members (excludes halogenated alkanes) is 7. The number of hydrogen-bond donors (Lipinski definition) is 2. The summed E-state index contributed by atoms with van der Waals surface area (Å²) in [6, 6.07) is 0.106. The Hall–Kier alpha value is -0.260. The highest BCUT2D eigenvalue weighted by molar-refractivity contribution is 7.80. The van der Waals surface area contributed by atoms with E-state index in [0.717, 1.165) is 31.4 Å². The maximum Gasteiger partial charge on any atom is 0.220 e. The van der Waals surface area contributed by atoms with Crippen LogP contribution in [0.15, 0.2) is 0 Å². The van der Waals surface area contributed by atoms with Gasteiger partial charge < -0.3 is 5.32 Å². The second-order valence-electron chi connectivity index (χ2n) is 8.89. The summed E-state index contributed by atoms with van der Waals surface area (Å²) in [6.45, 7) is 7.87. The zero-order valence-corrected chi connectivity index (χ0v) is 17.7. The van der Waals surface area contributed by atoms with Crippen molar-refractivity contribution < 1.29 is 10.0 Å². The Bertz CT molecular complexity index is 381. The molecule has 147 valence electrons. The molecule has 0 aromatic rings. The molecule has 4 nitrogen and oxygen atoms in total. The van der Waals surface area contributed by atoms with Crippen LogP contribution in [0.1, 0.15) is 98.3 Å². The fourth-order valence-corrected chi connectivity index (χ4v) is 4.35. The number of hydrogen-bond acceptors (Lipinski definition) is 3. The largest absolute Gasteiger partial charge is 0.353 e. The van der Waals surface area contributed by atoms with E-state index in [1.165, 1.54) is 43.6 Å². The molecule has 1 amide bonds. The summed E-state index contributed by atoms with van der Waals surface area (Å²) < 4.78 is 0. The smallest absolute Gasteiger partial charge is 0.220 e. The molecular weight excluding hydrogens is 332 g/mol. The number of rotatable bonds is 11. The minimum Gasteiger partial charge on any atom is -0.353 e. The zero-order chi connectivity index (χ0) is 18.9. The average Bonchev–Trinajstić information content (AvgIpc) is 2.50. The van der Waals surface area contributed by atoms with Crippen LogP contribution in [-0.4, -0.2) is 33.8 Å². The summed E-state index contributed by atoms with van der Waals surface area (Å²) in [6.07, 6.45) is 11.8. The van der Waals surface area contributed by atoms with Crippen molar-refractivity contribution in [2.45, 2.75) is 115 Å². The number of carbonyl (C=O) groups excluding carboxylic acids is 1. The van der Waals surface area contributed by atoms with Gasteiger partial charge in [0.05, 0.1) is 0 Å². The molecule has 0 saturated carbocycles. The molecule has 0 aliphatic carbocycles. The van der Waals surface area contributed by atoms with E-state index < -0.39 is 11.1 Å². The molecule has 25 heavy (non-hydrogen) atoms. The van der Waals surface area contributed by atoms with Gasteiger partial charge in [-0.25, -0.2) is 0 Å². The van der Waals surface area contributed by atoms with Gasteiger partial charge in [-0.2, -0.15) is 12.6 Å². The highest BCUT2D eigenvalue weighted by Crippen LogP contribution is 2.37. The standard InChI is InChI=1S/C20H39N2O2S/c1-19(2)15-17(16-20(3,4)22(19)24)21-18(23)13-11-9-7-5-6-8-10-12-14-25/h17,25H,5-16H2,1-4H3,(H,21,23). The Morgan fingerprint density at radius 1 is 0.920 bits per heavy atom. The van der Waals surface area contributed by atoms with Crippen LogP contribution in [0.25, 0.3) is 0 Å². The van der Waals surface area contributed by atoms with Crippen LogP contribution in [0.4, 0.5) is 0 Å². The monoisotopic (exact) mass is 371 g/mol. The van der Waals surface area contributed by atoms with Gasteiger partial charge >= 0.3 is 0 Å². The van der Waals surface area contributed by atoms with Crippen LogP contribution in [0.5, 0.6) is 0 Å². The highest BCUT2D eigenvalue weighted by Gasteiger charge is 2.46. The predicted octanol–water partition coefficient (Wildman–Crippen LogP) is 4.91. The van der Waals surface area contributed by atoms with Gasteiger partial charge in [-0.3, -0.25) is 4.79 Å². The molecule has 0 aromatic heterocycles. The fraction of sp³-hybridized carbons (Fsp3) is 0.950. The lowest BCUT2D eigenvalue weighted by atomic mass is 9.79. The fourth-order valence-electron chi connectivity index (χ4n) is 4.12. The first-order valence-electron chi connectivity index (χ1n) is 10.1. The lowest BCUT2D eigenvalue weighted by Crippen LogP contribution is -2.62. The van der Waals surface area contributed by atoms with Crippen LogP contribution in [0.3, 0.4) is 0 Å². The molecular formula is C20H39N2O2S. The third-order valence-corrected chi connectivity index (χ3v) is 5.58. The van der Waals surface area contributed by atoms with Gasteiger partial charge in [-0.1, -0.05) is 38.5 Å². The Labute approximate surface area is 160 Å². The minimum absolute atomic E-state index is 0.106. The molecule has 1 aliphatic heterocycles. The van der Waals surface area contributed by atoms with Crippen molar-refractivity contribution in [1.29, 1.82) is 0 Å². The Morgan fingerprint density at radius 3 is 1.84 bits per heavy atom. The summed E-state index contributed by atoms with van der Waals surface area (Å²) in [4.78, 5) is 12.2. The summed E-state index contributed by atoms with van der Waals surface area (Å²) in [7, 11) is 0. The molecule has 1 radical (unpaired) electrons. The molecule has 0 spiro atoms. The van der Waals surface area contributed by atoms with E-state index in [-0.39, 0.29) is 11.9 Å². The SMILES string of the molecule is CC1(C)CC(NC(=O)CCCCCCCCCCS)CC(C)(C)N1[O]. The van der Waals surface area contributed by atoms with E-state index in [4.69, 9.17) is 0 Å². The van der Waals surface area contributed by atoms with Gasteiger partial charge in [0, 0.05) is 23.5 Å². The van der Waals surface area contributed by atoms with E-state index in [1.54, 1.807) is 0 Å². The second-order valence-corrected chi connectivity index (χ2v) is 9.34. The van der Waals surface area contributed by atoms with E-state index in [1.807, 2.05) is 27.7 Å². The molecule has 1 fully saturated rings. The first-order chi connectivity index (χ1) is 11.7. The minimum atomic E-state index is -0.424. The summed E-state index contributed by atoms with van der Waals surface area (Å²) >= 11 is 4.23. The number of carbonyl (C=O) groups is 1. The van der Waals surface area contributed by atoms with Gasteiger partial charge in [-0.05, 0) is 59.1 Å². The highest BCUT2D eigenvalue weighted by atomic mass is 32.1. The van der Waals surface area contributed by atoms with Crippen molar-refractivity contribution in [2.75, 3.05) is 5.75 Å². The molecule has 1 N–H and O–H groups in total. The quantitative estimate of drug-likeness (QED) is 0.400. The van der Waals surface area contributed by atoms with Crippen LogP contribution in [0.2, 0.25) is 0 Å². The Morgan fingerprint density at radius 2 is 1.36 bits per heavy atom. The normalized spacial score (nSPS) is 20.6. The van der Waals surface area contributed by atoms with Crippen molar-refractivity contribution in [3.05, 3.63) is 0 Å². The van der Waals surface area contributed by atoms with Gasteiger partial charge in [0.2, 0.25) is 5.91 Å². The molecule has 0 unspecified atom stereocenters. The number of nitrogens with one attached hydrogen (secondary N) is 1. The molecule has 5 heteroatoms. The van der Waals surface area contributed by atoms with Gasteiger partial charge in [-0.15, -0.1) is 10.3 Å². The number of piperidine rings is 1. The molecule has 0 bridgehead atoms. The van der Waals surface area contributed by atoms with Crippen LogP contribution in [-0.2, 0) is 10.0 Å². The van der Waals surface area contributed by atoms with Crippen molar-refractivity contribution >= 4 is 18.5 Å². The Kier molecular flexibility index (Phi) is 9.83. The Balaban J connectivity index is 2.16. The first-order valence-corrected chi connectivity index (χ1v) is 10.7. The van der Waals surface area contributed by atoms with E-state index in [9.17, 15) is 10.0 Å². The van der Waals surface area contributed by atoms with Crippen LogP contribution >= 0.6 is 12.6 Å².